The van der Waals surface area contributed by atoms with Gasteiger partial charge in [0.2, 0.25) is 0 Å². The van der Waals surface area contributed by atoms with E-state index in [0.717, 1.165) is 0 Å². The van der Waals surface area contributed by atoms with Crippen LogP contribution in [0.15, 0.2) is 59.7 Å². The number of amides is 1. The molecule has 1 amide bonds. The topological polar surface area (TPSA) is 129 Å². The zero-order valence-corrected chi connectivity index (χ0v) is 20.6. The van der Waals surface area contributed by atoms with E-state index >= 15 is 0 Å². The molecule has 3 rings (SSSR count). The molecule has 3 aromatic rings. The van der Waals surface area contributed by atoms with Crippen LogP contribution in [0, 0.1) is 10.1 Å². The molecule has 0 unspecified atom stereocenters. The van der Waals surface area contributed by atoms with Crippen LogP contribution < -0.4 is 19.6 Å². The molecule has 0 fully saturated rings. The van der Waals surface area contributed by atoms with Crippen LogP contribution in [0.3, 0.4) is 0 Å². The number of hydrazone groups is 1. The van der Waals surface area contributed by atoms with Crippen molar-refractivity contribution in [3.05, 3.63) is 90.9 Å². The van der Waals surface area contributed by atoms with E-state index < -0.39 is 23.4 Å². The van der Waals surface area contributed by atoms with Crippen LogP contribution >= 0.6 is 34.8 Å². The summed E-state index contributed by atoms with van der Waals surface area (Å²) in [6, 6.07) is 12.4. The van der Waals surface area contributed by atoms with Gasteiger partial charge in [0.25, 0.3) is 11.6 Å². The third-order valence-electron chi connectivity index (χ3n) is 4.42. The minimum atomic E-state index is -0.724. The van der Waals surface area contributed by atoms with Gasteiger partial charge in [-0.15, -0.1) is 0 Å². The molecule has 13 heteroatoms. The van der Waals surface area contributed by atoms with Gasteiger partial charge in [-0.25, -0.2) is 10.2 Å². The number of rotatable bonds is 9. The van der Waals surface area contributed by atoms with Gasteiger partial charge in [0.05, 0.1) is 33.9 Å². The van der Waals surface area contributed by atoms with Crippen LogP contribution in [0.5, 0.6) is 17.2 Å². The lowest BCUT2D eigenvalue weighted by Crippen LogP contribution is -2.24. The minimum Gasteiger partial charge on any atom is -0.493 e. The number of nitrogens with one attached hydrogen (secondary N) is 1. The lowest BCUT2D eigenvalue weighted by Gasteiger charge is -2.10. The molecule has 0 saturated heterocycles. The number of hydrogen-bond donors (Lipinski definition) is 1. The predicted molar refractivity (Wildman–Crippen MR) is 134 cm³/mol. The molecule has 0 saturated carbocycles. The molecule has 10 nitrogen and oxygen atoms in total. The van der Waals surface area contributed by atoms with E-state index in [1.165, 1.54) is 61.9 Å². The van der Waals surface area contributed by atoms with Crippen molar-refractivity contribution in [1.82, 2.24) is 5.43 Å². The molecule has 1 N–H and O–H groups in total. The van der Waals surface area contributed by atoms with E-state index in [9.17, 15) is 19.7 Å². The Bertz CT molecular complexity index is 1310. The Labute approximate surface area is 219 Å². The number of non-ortho nitro benzene ring substituents is 1. The van der Waals surface area contributed by atoms with Crippen molar-refractivity contribution < 1.29 is 28.7 Å². The Hall–Kier alpha value is -3.86. The minimum absolute atomic E-state index is 0.116. The largest absolute Gasteiger partial charge is 0.493 e. The van der Waals surface area contributed by atoms with E-state index in [0.29, 0.717) is 10.6 Å². The maximum Gasteiger partial charge on any atom is 0.343 e. The summed E-state index contributed by atoms with van der Waals surface area (Å²) in [6.07, 6.45) is 1.34. The molecule has 0 radical (unpaired) electrons. The van der Waals surface area contributed by atoms with E-state index in [1.54, 1.807) is 6.07 Å². The molecule has 186 valence electrons. The summed E-state index contributed by atoms with van der Waals surface area (Å²) in [4.78, 5) is 34.5. The van der Waals surface area contributed by atoms with Gasteiger partial charge >= 0.3 is 5.97 Å². The Kier molecular flexibility index (Phi) is 9.07. The van der Waals surface area contributed by atoms with Crippen LogP contribution in [-0.4, -0.2) is 36.7 Å². The van der Waals surface area contributed by atoms with Crippen LogP contribution in [0.1, 0.15) is 15.9 Å². The van der Waals surface area contributed by atoms with Gasteiger partial charge in [-0.2, -0.15) is 5.10 Å². The van der Waals surface area contributed by atoms with Crippen molar-refractivity contribution in [1.29, 1.82) is 0 Å². The lowest BCUT2D eigenvalue weighted by atomic mass is 10.2. The number of nitrogens with zero attached hydrogens (tertiary/aromatic N) is 2. The quantitative estimate of drug-likeness (QED) is 0.125. The van der Waals surface area contributed by atoms with E-state index in [4.69, 9.17) is 49.0 Å². The first kappa shape index (κ1) is 26.7. The number of carbonyl (C=O) groups is 2. The molecule has 0 aliphatic heterocycles. The van der Waals surface area contributed by atoms with Gasteiger partial charge in [0.1, 0.15) is 0 Å². The number of hydrogen-bond acceptors (Lipinski definition) is 8. The molecular formula is C23H16Cl3N3O7. The van der Waals surface area contributed by atoms with Crippen molar-refractivity contribution in [3.8, 4) is 17.2 Å². The third kappa shape index (κ3) is 7.08. The maximum absolute atomic E-state index is 12.4. The van der Waals surface area contributed by atoms with Crippen molar-refractivity contribution in [2.24, 2.45) is 5.10 Å². The highest BCUT2D eigenvalue weighted by atomic mass is 35.5. The van der Waals surface area contributed by atoms with Crippen molar-refractivity contribution in [2.75, 3.05) is 13.7 Å². The molecule has 3 aromatic carbocycles. The highest BCUT2D eigenvalue weighted by Gasteiger charge is 2.15. The second-order valence-electron chi connectivity index (χ2n) is 6.88. The van der Waals surface area contributed by atoms with Crippen LogP contribution in [0.4, 0.5) is 5.69 Å². The Balaban J connectivity index is 1.58. The highest BCUT2D eigenvalue weighted by molar-refractivity contribution is 6.40. The second-order valence-corrected chi connectivity index (χ2v) is 8.14. The number of nitro benzene ring substituents is 1. The average Bonchev–Trinajstić information content (AvgIpc) is 2.84. The standard InChI is InChI=1S/C23H16Cl3N3O7/c1-34-20-8-13(2-7-19(20)36-23(31)14-3-5-16(6-4-14)29(32)33)11-27-28-21(30)12-35-22-17(25)9-15(24)10-18(22)26/h2-11H,12H2,1H3,(H,28,30). The average molecular weight is 553 g/mol. The maximum atomic E-state index is 12.4. The Morgan fingerprint density at radius 1 is 1.03 bits per heavy atom. The fourth-order valence-electron chi connectivity index (χ4n) is 2.74. The molecular weight excluding hydrogens is 537 g/mol. The van der Waals surface area contributed by atoms with Crippen LogP contribution in [0.2, 0.25) is 15.1 Å². The summed E-state index contributed by atoms with van der Waals surface area (Å²) in [5.74, 6) is -0.847. The normalized spacial score (nSPS) is 10.7. The number of halogens is 3. The summed E-state index contributed by atoms with van der Waals surface area (Å²) in [5, 5.41) is 15.2. The van der Waals surface area contributed by atoms with Gasteiger partial charge in [-0.05, 0) is 48.0 Å². The zero-order valence-electron chi connectivity index (χ0n) is 18.4. The van der Waals surface area contributed by atoms with Crippen LogP contribution in [0.25, 0.3) is 0 Å². The van der Waals surface area contributed by atoms with Crippen molar-refractivity contribution in [2.45, 2.75) is 0 Å². The van der Waals surface area contributed by atoms with Crippen molar-refractivity contribution in [3.63, 3.8) is 0 Å². The first-order chi connectivity index (χ1) is 17.2. The number of methoxy groups -OCH3 is 1. The molecule has 0 aliphatic carbocycles. The monoisotopic (exact) mass is 551 g/mol. The SMILES string of the molecule is COc1cc(C=NNC(=O)COc2c(Cl)cc(Cl)cc2Cl)ccc1OC(=O)c1ccc([N+](=O)[O-])cc1. The number of nitro groups is 1. The second kappa shape index (κ2) is 12.2. The van der Waals surface area contributed by atoms with E-state index in [2.05, 4.69) is 10.5 Å². The number of ether oxygens (including phenoxy) is 3. The first-order valence-electron chi connectivity index (χ1n) is 9.92. The number of esters is 1. The third-order valence-corrected chi connectivity index (χ3v) is 5.20. The first-order valence-corrected chi connectivity index (χ1v) is 11.0. The number of benzene rings is 3. The van der Waals surface area contributed by atoms with E-state index in [1.807, 2.05) is 0 Å². The molecule has 36 heavy (non-hydrogen) atoms. The smallest absolute Gasteiger partial charge is 0.343 e. The zero-order chi connectivity index (χ0) is 26.2. The summed E-state index contributed by atoms with van der Waals surface area (Å²) in [5.41, 5.74) is 2.78. The molecule has 0 bridgehead atoms. The summed E-state index contributed by atoms with van der Waals surface area (Å²) >= 11 is 17.8. The van der Waals surface area contributed by atoms with Gasteiger partial charge in [-0.3, -0.25) is 14.9 Å². The Morgan fingerprint density at radius 3 is 2.31 bits per heavy atom. The lowest BCUT2D eigenvalue weighted by molar-refractivity contribution is -0.384. The van der Waals surface area contributed by atoms with Crippen LogP contribution in [-0.2, 0) is 4.79 Å². The van der Waals surface area contributed by atoms with Gasteiger partial charge in [0.15, 0.2) is 23.9 Å². The molecule has 0 aliphatic rings. The molecule has 0 atom stereocenters. The van der Waals surface area contributed by atoms with Gasteiger partial charge in [0, 0.05) is 17.2 Å². The number of carbonyl (C=O) groups excluding carboxylic acids is 2. The summed E-state index contributed by atoms with van der Waals surface area (Å²) in [6.45, 7) is -0.404. The van der Waals surface area contributed by atoms with Gasteiger partial charge < -0.3 is 14.2 Å². The summed E-state index contributed by atoms with van der Waals surface area (Å²) < 4.78 is 15.9. The Morgan fingerprint density at radius 2 is 1.69 bits per heavy atom. The van der Waals surface area contributed by atoms with E-state index in [-0.39, 0.29) is 38.5 Å². The fraction of sp³-hybridized carbons (Fsp3) is 0.0870. The molecule has 0 spiro atoms. The van der Waals surface area contributed by atoms with Crippen molar-refractivity contribution >= 4 is 58.6 Å². The molecule has 0 aromatic heterocycles. The fourth-order valence-corrected chi connectivity index (χ4v) is 3.67. The summed E-state index contributed by atoms with van der Waals surface area (Å²) in [7, 11) is 1.38. The van der Waals surface area contributed by atoms with Gasteiger partial charge in [-0.1, -0.05) is 34.8 Å². The predicted octanol–water partition coefficient (Wildman–Crippen LogP) is 5.31. The highest BCUT2D eigenvalue weighted by Crippen LogP contribution is 2.35. The molecule has 0 heterocycles.